The first-order valence-corrected chi connectivity index (χ1v) is 12.4. The Morgan fingerprint density at radius 3 is 2.24 bits per heavy atom. The summed E-state index contributed by atoms with van der Waals surface area (Å²) in [6, 6.07) is 27.2. The van der Waals surface area contributed by atoms with Crippen LogP contribution in [0.15, 0.2) is 78.9 Å². The lowest BCUT2D eigenvalue weighted by Crippen LogP contribution is -2.62. The van der Waals surface area contributed by atoms with Crippen molar-refractivity contribution in [2.75, 3.05) is 38.6 Å². The molecule has 0 radical (unpaired) electrons. The molecule has 5 rings (SSSR count). The fourth-order valence-electron chi connectivity index (χ4n) is 5.72. The lowest BCUT2D eigenvalue weighted by atomic mass is 9.63. The van der Waals surface area contributed by atoms with Crippen LogP contribution in [0.4, 0.5) is 5.69 Å². The van der Waals surface area contributed by atoms with E-state index in [1.165, 1.54) is 11.1 Å². The second-order valence-electron chi connectivity index (χ2n) is 9.91. The molecule has 2 aliphatic rings. The molecule has 176 valence electrons. The largest absolute Gasteiger partial charge is 0.378 e. The molecule has 1 spiro atoms. The highest BCUT2D eigenvalue weighted by atomic mass is 35.5. The van der Waals surface area contributed by atoms with Gasteiger partial charge in [0.2, 0.25) is 0 Å². The van der Waals surface area contributed by atoms with E-state index < -0.39 is 0 Å². The van der Waals surface area contributed by atoms with Crippen molar-refractivity contribution in [1.29, 1.82) is 0 Å². The van der Waals surface area contributed by atoms with Gasteiger partial charge in [0.25, 0.3) is 5.91 Å². The minimum absolute atomic E-state index is 0.142. The smallest absolute Gasteiger partial charge is 0.253 e. The van der Waals surface area contributed by atoms with Gasteiger partial charge < -0.3 is 9.80 Å². The van der Waals surface area contributed by atoms with E-state index in [0.717, 1.165) is 55.3 Å². The quantitative estimate of drug-likeness (QED) is 0.462. The topological polar surface area (TPSA) is 26.8 Å². The van der Waals surface area contributed by atoms with Crippen LogP contribution in [0.25, 0.3) is 0 Å². The van der Waals surface area contributed by atoms with Crippen molar-refractivity contribution in [2.45, 2.75) is 25.4 Å². The van der Waals surface area contributed by atoms with Crippen LogP contribution in [0.3, 0.4) is 0 Å². The average Bonchev–Trinajstić information content (AvgIpc) is 2.85. The summed E-state index contributed by atoms with van der Waals surface area (Å²) in [5, 5.41) is 0.830. The van der Waals surface area contributed by atoms with E-state index in [1.54, 1.807) is 0 Å². The number of rotatable bonds is 5. The number of anilines is 1. The van der Waals surface area contributed by atoms with Gasteiger partial charge in [-0.2, -0.15) is 0 Å². The number of likely N-dealkylation sites (tertiary alicyclic amines) is 2. The summed E-state index contributed by atoms with van der Waals surface area (Å²) in [6.45, 7) is 3.49. The zero-order chi connectivity index (χ0) is 23.7. The number of amides is 1. The molecule has 1 unspecified atom stereocenters. The summed E-state index contributed by atoms with van der Waals surface area (Å²) < 4.78 is 0. The maximum Gasteiger partial charge on any atom is 0.253 e. The molecular weight excluding hydrogens is 442 g/mol. The van der Waals surface area contributed by atoms with Gasteiger partial charge in [-0.05, 0) is 54.3 Å². The van der Waals surface area contributed by atoms with Crippen molar-refractivity contribution in [2.24, 2.45) is 5.41 Å². The SMILES string of the molecule is CN(C)c1ccc(C(=O)N2CCC3(CC2)CN(Cc2ccccc2Cl)C3c2ccccc2)cc1. The standard InChI is InChI=1S/C29H32ClN3O/c1-31(2)25-14-12-23(13-15-25)28(34)32-18-16-29(17-19-32)21-33(20-24-10-6-7-11-26(24)30)27(29)22-8-4-3-5-9-22/h3-15,27H,16-21H2,1-2H3. The molecule has 2 aliphatic heterocycles. The summed E-state index contributed by atoms with van der Waals surface area (Å²) in [5.41, 5.74) is 4.62. The molecule has 2 fully saturated rings. The molecule has 4 nitrogen and oxygen atoms in total. The van der Waals surface area contributed by atoms with Crippen LogP contribution in [0, 0.1) is 5.41 Å². The summed E-state index contributed by atoms with van der Waals surface area (Å²) in [5.74, 6) is 0.142. The van der Waals surface area contributed by atoms with Crippen LogP contribution in [0.2, 0.25) is 5.02 Å². The molecule has 1 atom stereocenters. The van der Waals surface area contributed by atoms with E-state index in [4.69, 9.17) is 11.6 Å². The minimum atomic E-state index is 0.142. The second kappa shape index (κ2) is 9.44. The number of carbonyl (C=O) groups is 1. The van der Waals surface area contributed by atoms with E-state index in [-0.39, 0.29) is 11.3 Å². The van der Waals surface area contributed by atoms with Gasteiger partial charge in [-0.1, -0.05) is 60.1 Å². The van der Waals surface area contributed by atoms with E-state index in [0.29, 0.717) is 6.04 Å². The first kappa shape index (κ1) is 22.9. The van der Waals surface area contributed by atoms with Crippen LogP contribution in [0.1, 0.15) is 40.4 Å². The van der Waals surface area contributed by atoms with Gasteiger partial charge in [-0.3, -0.25) is 9.69 Å². The van der Waals surface area contributed by atoms with Gasteiger partial charge in [0.1, 0.15) is 0 Å². The molecule has 34 heavy (non-hydrogen) atoms. The Morgan fingerprint density at radius 1 is 0.941 bits per heavy atom. The van der Waals surface area contributed by atoms with E-state index in [9.17, 15) is 4.79 Å². The Labute approximate surface area is 207 Å². The van der Waals surface area contributed by atoms with Crippen molar-refractivity contribution < 1.29 is 4.79 Å². The Morgan fingerprint density at radius 2 is 1.59 bits per heavy atom. The highest BCUT2D eigenvalue weighted by Crippen LogP contribution is 2.55. The van der Waals surface area contributed by atoms with Crippen LogP contribution >= 0.6 is 11.6 Å². The number of nitrogens with zero attached hydrogens (tertiary/aromatic N) is 3. The van der Waals surface area contributed by atoms with Crippen molar-refractivity contribution in [3.05, 3.63) is 101 Å². The molecule has 0 N–H and O–H groups in total. The van der Waals surface area contributed by atoms with Crippen molar-refractivity contribution in [3.8, 4) is 0 Å². The normalized spacial score (nSPS) is 19.6. The van der Waals surface area contributed by atoms with E-state index in [1.807, 2.05) is 60.3 Å². The summed E-state index contributed by atoms with van der Waals surface area (Å²) >= 11 is 6.49. The molecule has 5 heteroatoms. The van der Waals surface area contributed by atoms with Gasteiger partial charge in [0.15, 0.2) is 0 Å². The fraction of sp³-hybridized carbons (Fsp3) is 0.345. The number of hydrogen-bond donors (Lipinski definition) is 0. The van der Waals surface area contributed by atoms with Crippen molar-refractivity contribution >= 4 is 23.2 Å². The number of benzene rings is 3. The lowest BCUT2D eigenvalue weighted by molar-refractivity contribution is -0.113. The van der Waals surface area contributed by atoms with Gasteiger partial charge in [-0.15, -0.1) is 0 Å². The lowest BCUT2D eigenvalue weighted by Gasteiger charge is -2.61. The van der Waals surface area contributed by atoms with Gasteiger partial charge in [-0.25, -0.2) is 0 Å². The summed E-state index contributed by atoms with van der Waals surface area (Å²) in [6.07, 6.45) is 2.04. The number of piperidine rings is 1. The van der Waals surface area contributed by atoms with Crippen molar-refractivity contribution in [1.82, 2.24) is 9.80 Å². The maximum absolute atomic E-state index is 13.2. The van der Waals surface area contributed by atoms with Gasteiger partial charge in [0.05, 0.1) is 0 Å². The summed E-state index contributed by atoms with van der Waals surface area (Å²) in [4.78, 5) is 19.8. The van der Waals surface area contributed by atoms with Crippen LogP contribution < -0.4 is 4.90 Å². The van der Waals surface area contributed by atoms with Gasteiger partial charge >= 0.3 is 0 Å². The number of carbonyl (C=O) groups excluding carboxylic acids is 1. The van der Waals surface area contributed by atoms with Crippen LogP contribution in [-0.2, 0) is 6.54 Å². The molecule has 3 aromatic carbocycles. The summed E-state index contributed by atoms with van der Waals surface area (Å²) in [7, 11) is 4.02. The Bertz CT molecular complexity index is 1140. The molecule has 0 bridgehead atoms. The van der Waals surface area contributed by atoms with Gasteiger partial charge in [0, 0.05) is 68.0 Å². The monoisotopic (exact) mass is 473 g/mol. The third kappa shape index (κ3) is 4.33. The van der Waals surface area contributed by atoms with E-state index in [2.05, 4.69) is 47.4 Å². The number of hydrogen-bond acceptors (Lipinski definition) is 3. The molecule has 0 aromatic heterocycles. The van der Waals surface area contributed by atoms with Crippen LogP contribution in [-0.4, -0.2) is 49.4 Å². The Hall–Kier alpha value is -2.82. The maximum atomic E-state index is 13.2. The van der Waals surface area contributed by atoms with E-state index >= 15 is 0 Å². The zero-order valence-electron chi connectivity index (χ0n) is 20.0. The highest BCUT2D eigenvalue weighted by molar-refractivity contribution is 6.31. The molecule has 2 saturated heterocycles. The van der Waals surface area contributed by atoms with Crippen LogP contribution in [0.5, 0.6) is 0 Å². The second-order valence-corrected chi connectivity index (χ2v) is 10.3. The minimum Gasteiger partial charge on any atom is -0.378 e. The highest BCUT2D eigenvalue weighted by Gasteiger charge is 2.54. The first-order valence-electron chi connectivity index (χ1n) is 12.1. The first-order chi connectivity index (χ1) is 16.5. The Kier molecular flexibility index (Phi) is 6.37. The molecular formula is C29H32ClN3O. The molecule has 0 aliphatic carbocycles. The predicted molar refractivity (Wildman–Crippen MR) is 139 cm³/mol. The zero-order valence-corrected chi connectivity index (χ0v) is 20.7. The molecule has 3 aromatic rings. The van der Waals surface area contributed by atoms with Crippen molar-refractivity contribution in [3.63, 3.8) is 0 Å². The molecule has 0 saturated carbocycles. The molecule has 1 amide bonds. The third-order valence-corrected chi connectivity index (χ3v) is 7.96. The predicted octanol–water partition coefficient (Wildman–Crippen LogP) is 5.89. The number of halogens is 1. The molecule has 2 heterocycles. The third-order valence-electron chi connectivity index (χ3n) is 7.59. The Balaban J connectivity index is 1.31. The average molecular weight is 474 g/mol. The fourth-order valence-corrected chi connectivity index (χ4v) is 5.92.